The summed E-state index contributed by atoms with van der Waals surface area (Å²) in [5.74, 6) is -2.46. The molecule has 2 rings (SSSR count). The van der Waals surface area contributed by atoms with Gasteiger partial charge in [0.05, 0.1) is 25.2 Å². The second-order valence-corrected chi connectivity index (χ2v) is 7.09. The zero-order chi connectivity index (χ0) is 22.1. The van der Waals surface area contributed by atoms with Crippen LogP contribution in [0.15, 0.2) is 30.3 Å². The summed E-state index contributed by atoms with van der Waals surface area (Å²) in [5.41, 5.74) is 1.20. The van der Waals surface area contributed by atoms with Crippen molar-refractivity contribution in [2.75, 3.05) is 25.1 Å². The fourth-order valence-corrected chi connectivity index (χ4v) is 3.67. The molecule has 1 heterocycles. The van der Waals surface area contributed by atoms with Gasteiger partial charge in [0.25, 0.3) is 5.91 Å². The monoisotopic (exact) mass is 433 g/mol. The molecule has 0 radical (unpaired) electrons. The second-order valence-electron chi connectivity index (χ2n) is 6.07. The Balaban J connectivity index is 2.08. The van der Waals surface area contributed by atoms with Crippen LogP contribution in [0.3, 0.4) is 0 Å². The Kier molecular flexibility index (Phi) is 8.54. The minimum Gasteiger partial charge on any atom is -0.462 e. The van der Waals surface area contributed by atoms with Gasteiger partial charge in [0.15, 0.2) is 6.61 Å². The van der Waals surface area contributed by atoms with Crippen molar-refractivity contribution >= 4 is 40.2 Å². The summed E-state index contributed by atoms with van der Waals surface area (Å²) in [6, 6.07) is 8.98. The zero-order valence-electron chi connectivity index (χ0n) is 17.0. The fraction of sp³-hybridized carbons (Fsp3) is 0.333. The van der Waals surface area contributed by atoms with Crippen molar-refractivity contribution in [3.05, 3.63) is 51.9 Å². The molecular weight excluding hydrogens is 410 g/mol. The van der Waals surface area contributed by atoms with Gasteiger partial charge in [-0.25, -0.2) is 9.59 Å². The molecule has 0 aliphatic carbocycles. The summed E-state index contributed by atoms with van der Waals surface area (Å²) in [4.78, 5) is 48.8. The van der Waals surface area contributed by atoms with E-state index in [1.807, 2.05) is 6.07 Å². The Labute approximate surface area is 178 Å². The number of carbonyl (C=O) groups is 4. The first-order valence-corrected chi connectivity index (χ1v) is 10.2. The van der Waals surface area contributed by atoms with E-state index in [4.69, 9.17) is 14.2 Å². The summed E-state index contributed by atoms with van der Waals surface area (Å²) in [5, 5.41) is 2.66. The maximum Gasteiger partial charge on any atom is 0.348 e. The molecule has 0 saturated heterocycles. The molecule has 8 nitrogen and oxygen atoms in total. The van der Waals surface area contributed by atoms with Gasteiger partial charge in [-0.2, -0.15) is 0 Å². The Morgan fingerprint density at radius 3 is 2.20 bits per heavy atom. The van der Waals surface area contributed by atoms with Crippen molar-refractivity contribution in [2.45, 2.75) is 27.2 Å². The second kappa shape index (κ2) is 11.1. The number of hydrogen-bond donors (Lipinski definition) is 1. The van der Waals surface area contributed by atoms with E-state index in [0.29, 0.717) is 5.56 Å². The van der Waals surface area contributed by atoms with Crippen LogP contribution in [0.4, 0.5) is 5.00 Å². The number of rotatable bonds is 9. The predicted octanol–water partition coefficient (Wildman–Crippen LogP) is 3.13. The fourth-order valence-electron chi connectivity index (χ4n) is 2.56. The predicted molar refractivity (Wildman–Crippen MR) is 111 cm³/mol. The average Bonchev–Trinajstić information content (AvgIpc) is 3.03. The van der Waals surface area contributed by atoms with E-state index in [2.05, 4.69) is 5.32 Å². The molecule has 0 saturated carbocycles. The lowest BCUT2D eigenvalue weighted by Crippen LogP contribution is -2.22. The van der Waals surface area contributed by atoms with Crippen molar-refractivity contribution < 1.29 is 33.4 Å². The summed E-state index contributed by atoms with van der Waals surface area (Å²) in [6.45, 7) is 4.66. The highest BCUT2D eigenvalue weighted by Gasteiger charge is 2.27. The first kappa shape index (κ1) is 23.1. The topological polar surface area (TPSA) is 108 Å². The lowest BCUT2D eigenvalue weighted by molar-refractivity contribution is -0.146. The van der Waals surface area contributed by atoms with Gasteiger partial charge in [0, 0.05) is 0 Å². The van der Waals surface area contributed by atoms with Crippen LogP contribution in [-0.4, -0.2) is 43.6 Å². The average molecular weight is 433 g/mol. The largest absolute Gasteiger partial charge is 0.462 e. The normalized spacial score (nSPS) is 10.2. The van der Waals surface area contributed by atoms with Gasteiger partial charge in [-0.15, -0.1) is 11.3 Å². The number of amides is 1. The molecule has 2 aromatic rings. The third-order valence-electron chi connectivity index (χ3n) is 3.90. The van der Waals surface area contributed by atoms with E-state index in [1.165, 1.54) is 0 Å². The van der Waals surface area contributed by atoms with Crippen LogP contribution in [-0.2, 0) is 30.2 Å². The molecule has 1 aromatic carbocycles. The highest BCUT2D eigenvalue weighted by molar-refractivity contribution is 7.18. The molecule has 0 atom stereocenters. The van der Waals surface area contributed by atoms with E-state index < -0.39 is 30.4 Å². The Morgan fingerprint density at radius 1 is 0.933 bits per heavy atom. The van der Waals surface area contributed by atoms with Crippen molar-refractivity contribution in [2.24, 2.45) is 0 Å². The van der Waals surface area contributed by atoms with Crippen LogP contribution in [0.2, 0.25) is 0 Å². The van der Waals surface area contributed by atoms with Gasteiger partial charge >= 0.3 is 17.9 Å². The van der Waals surface area contributed by atoms with Gasteiger partial charge in [-0.3, -0.25) is 9.59 Å². The SMILES string of the molecule is CCOC(=O)c1sc(NC(=O)COC(=O)Cc2ccccc2)c(C(=O)OCC)c1C. The Hall–Kier alpha value is -3.20. The third kappa shape index (κ3) is 6.15. The molecule has 1 amide bonds. The van der Waals surface area contributed by atoms with E-state index in [-0.39, 0.29) is 35.1 Å². The molecular formula is C21H23NO7S. The molecule has 30 heavy (non-hydrogen) atoms. The number of nitrogens with one attached hydrogen (secondary N) is 1. The van der Waals surface area contributed by atoms with Crippen LogP contribution in [0.25, 0.3) is 0 Å². The molecule has 160 valence electrons. The van der Waals surface area contributed by atoms with E-state index in [9.17, 15) is 19.2 Å². The molecule has 9 heteroatoms. The highest BCUT2D eigenvalue weighted by atomic mass is 32.1. The molecule has 1 N–H and O–H groups in total. The van der Waals surface area contributed by atoms with Gasteiger partial charge in [-0.05, 0) is 31.9 Å². The third-order valence-corrected chi connectivity index (χ3v) is 5.08. The van der Waals surface area contributed by atoms with E-state index in [1.54, 1.807) is 45.0 Å². The van der Waals surface area contributed by atoms with Gasteiger partial charge in [0.1, 0.15) is 9.88 Å². The Morgan fingerprint density at radius 2 is 1.57 bits per heavy atom. The first-order chi connectivity index (χ1) is 14.4. The van der Waals surface area contributed by atoms with Gasteiger partial charge in [-0.1, -0.05) is 30.3 Å². The van der Waals surface area contributed by atoms with Gasteiger partial charge in [0.2, 0.25) is 0 Å². The smallest absolute Gasteiger partial charge is 0.348 e. The van der Waals surface area contributed by atoms with E-state index in [0.717, 1.165) is 16.9 Å². The number of esters is 3. The lowest BCUT2D eigenvalue weighted by atomic mass is 10.1. The molecule has 0 bridgehead atoms. The van der Waals surface area contributed by atoms with Gasteiger partial charge < -0.3 is 19.5 Å². The summed E-state index contributed by atoms with van der Waals surface area (Å²) < 4.78 is 15.0. The molecule has 0 spiro atoms. The maximum absolute atomic E-state index is 12.3. The first-order valence-electron chi connectivity index (χ1n) is 9.34. The van der Waals surface area contributed by atoms with Crippen molar-refractivity contribution in [1.82, 2.24) is 0 Å². The minimum absolute atomic E-state index is 0.0350. The Bertz CT molecular complexity index is 921. The quantitative estimate of drug-likeness (QED) is 0.478. The maximum atomic E-state index is 12.3. The highest BCUT2D eigenvalue weighted by Crippen LogP contribution is 2.34. The molecule has 0 aliphatic heterocycles. The summed E-state index contributed by atoms with van der Waals surface area (Å²) in [6.07, 6.45) is 0.0350. The van der Waals surface area contributed by atoms with Crippen LogP contribution in [0.5, 0.6) is 0 Å². The number of benzene rings is 1. The van der Waals surface area contributed by atoms with Crippen molar-refractivity contribution in [3.63, 3.8) is 0 Å². The van der Waals surface area contributed by atoms with Crippen LogP contribution in [0, 0.1) is 6.92 Å². The number of ether oxygens (including phenoxy) is 3. The number of carbonyl (C=O) groups excluding carboxylic acids is 4. The van der Waals surface area contributed by atoms with Crippen LogP contribution >= 0.6 is 11.3 Å². The van der Waals surface area contributed by atoms with Crippen LogP contribution in [0.1, 0.15) is 45.0 Å². The zero-order valence-corrected chi connectivity index (χ0v) is 17.8. The molecule has 0 unspecified atom stereocenters. The summed E-state index contributed by atoms with van der Waals surface area (Å²) in [7, 11) is 0. The van der Waals surface area contributed by atoms with Crippen molar-refractivity contribution in [1.29, 1.82) is 0 Å². The van der Waals surface area contributed by atoms with E-state index >= 15 is 0 Å². The van der Waals surface area contributed by atoms with Crippen molar-refractivity contribution in [3.8, 4) is 0 Å². The minimum atomic E-state index is -0.668. The molecule has 1 aromatic heterocycles. The number of thiophene rings is 1. The lowest BCUT2D eigenvalue weighted by Gasteiger charge is -2.08. The standard InChI is InChI=1S/C21H23NO7S/c1-4-27-20(25)17-13(3)18(21(26)28-5-2)30-19(17)22-15(23)12-29-16(24)11-14-9-7-6-8-10-14/h6-10H,4-5,11-12H2,1-3H3,(H,22,23). The number of hydrogen-bond acceptors (Lipinski definition) is 8. The number of anilines is 1. The van der Waals surface area contributed by atoms with Crippen LogP contribution < -0.4 is 5.32 Å². The summed E-state index contributed by atoms with van der Waals surface area (Å²) >= 11 is 0.906. The molecule has 0 fully saturated rings. The molecule has 0 aliphatic rings.